The highest BCUT2D eigenvalue weighted by Gasteiger charge is 2.19. The lowest BCUT2D eigenvalue weighted by atomic mass is 9.87. The molecule has 0 aliphatic carbocycles. The van der Waals surface area contributed by atoms with Gasteiger partial charge in [-0.15, -0.1) is 10.2 Å². The molecule has 0 bridgehead atoms. The molecule has 0 aliphatic heterocycles. The monoisotopic (exact) mass is 567 g/mol. The number of rotatable bonds is 8. The smallest absolute Gasteiger partial charge is 0.250 e. The highest BCUT2D eigenvalue weighted by atomic mass is 35.5. The zero-order valence-electron chi connectivity index (χ0n) is 21.4. The van der Waals surface area contributed by atoms with Crippen molar-refractivity contribution in [2.24, 2.45) is 5.10 Å². The van der Waals surface area contributed by atoms with Gasteiger partial charge in [-0.05, 0) is 47.4 Å². The van der Waals surface area contributed by atoms with Crippen LogP contribution in [0.1, 0.15) is 31.9 Å². The maximum atomic E-state index is 12.5. The lowest BCUT2D eigenvalue weighted by Crippen LogP contribution is -2.20. The number of amides is 1. The first kappa shape index (κ1) is 27.7. The van der Waals surface area contributed by atoms with Gasteiger partial charge in [-0.2, -0.15) is 5.10 Å². The molecule has 0 atom stereocenters. The summed E-state index contributed by atoms with van der Waals surface area (Å²) in [5.41, 5.74) is 6.20. The van der Waals surface area contributed by atoms with Crippen LogP contribution in [-0.2, 0) is 10.2 Å². The number of nitrogens with zero attached hydrogens (tertiary/aromatic N) is 4. The molecule has 0 saturated heterocycles. The van der Waals surface area contributed by atoms with Gasteiger partial charge in [0.1, 0.15) is 5.75 Å². The van der Waals surface area contributed by atoms with Gasteiger partial charge in [0.15, 0.2) is 11.0 Å². The average molecular weight is 569 g/mol. The van der Waals surface area contributed by atoms with Gasteiger partial charge in [0.25, 0.3) is 5.91 Å². The Kier molecular flexibility index (Phi) is 8.76. The number of carbonyl (C=O) groups is 1. The number of hydrogen-bond donors (Lipinski definition) is 1. The molecule has 0 fully saturated rings. The average Bonchev–Trinajstić information content (AvgIpc) is 3.32. The van der Waals surface area contributed by atoms with E-state index >= 15 is 0 Å². The molecular weight excluding hydrogens is 541 g/mol. The number of halogens is 2. The van der Waals surface area contributed by atoms with Gasteiger partial charge in [-0.25, -0.2) is 5.43 Å². The molecule has 1 amide bonds. The van der Waals surface area contributed by atoms with Crippen molar-refractivity contribution in [1.82, 2.24) is 20.2 Å². The van der Waals surface area contributed by atoms with E-state index in [1.54, 1.807) is 25.3 Å². The number of hydrogen-bond acceptors (Lipinski definition) is 6. The highest BCUT2D eigenvalue weighted by Crippen LogP contribution is 2.31. The quantitative estimate of drug-likeness (QED) is 0.144. The Morgan fingerprint density at radius 3 is 2.39 bits per heavy atom. The second kappa shape index (κ2) is 12.0. The van der Waals surface area contributed by atoms with Crippen molar-refractivity contribution < 1.29 is 9.53 Å². The molecule has 7 nitrogen and oxygen atoms in total. The molecule has 4 rings (SSSR count). The van der Waals surface area contributed by atoms with Gasteiger partial charge in [-0.1, -0.05) is 86.1 Å². The standard InChI is InChI=1S/C28H27Cl2N5O2S/c1-28(2,3)20-8-5-18(6-9-20)26-33-34-27(35(26)22-11-13-23(37-4)14-12-22)38-17-25(36)32-31-16-19-7-10-21(29)15-24(19)30/h5-16H,17H2,1-4H3,(H,32,36)/b31-16+. The third kappa shape index (κ3) is 6.75. The second-order valence-corrected chi connectivity index (χ2v) is 11.2. The van der Waals surface area contributed by atoms with Gasteiger partial charge in [0.2, 0.25) is 0 Å². The lowest BCUT2D eigenvalue weighted by molar-refractivity contribution is -0.118. The van der Waals surface area contributed by atoms with Crippen LogP contribution in [0, 0.1) is 0 Å². The topological polar surface area (TPSA) is 81.4 Å². The third-order valence-corrected chi connectivity index (χ3v) is 7.15. The molecule has 4 aromatic rings. The molecule has 0 spiro atoms. The predicted octanol–water partition coefficient (Wildman–Crippen LogP) is 6.79. The number of nitrogens with one attached hydrogen (secondary N) is 1. The van der Waals surface area contributed by atoms with E-state index in [0.29, 0.717) is 26.6 Å². The molecule has 0 saturated carbocycles. The minimum atomic E-state index is -0.295. The van der Waals surface area contributed by atoms with Crippen molar-refractivity contribution in [3.05, 3.63) is 87.9 Å². The Hall–Kier alpha value is -3.33. The second-order valence-electron chi connectivity index (χ2n) is 9.41. The SMILES string of the molecule is COc1ccc(-n2c(SCC(=O)N/N=C/c3ccc(Cl)cc3Cl)nnc2-c2ccc(C(C)(C)C)cc2)cc1. The molecule has 38 heavy (non-hydrogen) atoms. The van der Waals surface area contributed by atoms with Crippen LogP contribution in [0.2, 0.25) is 10.0 Å². The fourth-order valence-corrected chi connectivity index (χ4v) is 4.78. The van der Waals surface area contributed by atoms with Gasteiger partial charge >= 0.3 is 0 Å². The van der Waals surface area contributed by atoms with E-state index < -0.39 is 0 Å². The number of benzene rings is 3. The first-order valence-electron chi connectivity index (χ1n) is 11.8. The molecule has 1 heterocycles. The minimum Gasteiger partial charge on any atom is -0.497 e. The number of thioether (sulfide) groups is 1. The molecule has 10 heteroatoms. The maximum absolute atomic E-state index is 12.5. The first-order chi connectivity index (χ1) is 18.2. The molecule has 0 unspecified atom stereocenters. The van der Waals surface area contributed by atoms with Crippen LogP contribution in [0.5, 0.6) is 5.75 Å². The van der Waals surface area contributed by atoms with E-state index in [2.05, 4.69) is 53.6 Å². The highest BCUT2D eigenvalue weighted by molar-refractivity contribution is 7.99. The van der Waals surface area contributed by atoms with Gasteiger partial charge in [0.05, 0.1) is 24.1 Å². The van der Waals surface area contributed by atoms with Crippen LogP contribution in [0.3, 0.4) is 0 Å². The van der Waals surface area contributed by atoms with Crippen LogP contribution in [0.25, 0.3) is 17.1 Å². The number of carbonyl (C=O) groups excluding carboxylic acids is 1. The maximum Gasteiger partial charge on any atom is 0.250 e. The lowest BCUT2D eigenvalue weighted by Gasteiger charge is -2.19. The Bertz CT molecular complexity index is 1450. The van der Waals surface area contributed by atoms with E-state index in [1.165, 1.54) is 23.5 Å². The van der Waals surface area contributed by atoms with Gasteiger partial charge < -0.3 is 4.74 Å². The summed E-state index contributed by atoms with van der Waals surface area (Å²) in [5.74, 6) is 1.21. The first-order valence-corrected chi connectivity index (χ1v) is 13.5. The van der Waals surface area contributed by atoms with Crippen molar-refractivity contribution in [3.63, 3.8) is 0 Å². The number of aromatic nitrogens is 3. The van der Waals surface area contributed by atoms with Crippen LogP contribution in [0.4, 0.5) is 0 Å². The molecule has 1 aromatic heterocycles. The normalized spacial score (nSPS) is 11.6. The van der Waals surface area contributed by atoms with E-state index in [0.717, 1.165) is 17.0 Å². The van der Waals surface area contributed by atoms with Crippen LogP contribution < -0.4 is 10.2 Å². The summed E-state index contributed by atoms with van der Waals surface area (Å²) >= 11 is 13.3. The Labute approximate surface area is 236 Å². The van der Waals surface area contributed by atoms with Crippen LogP contribution >= 0.6 is 35.0 Å². The number of ether oxygens (including phenoxy) is 1. The summed E-state index contributed by atoms with van der Waals surface area (Å²) < 4.78 is 7.24. The summed E-state index contributed by atoms with van der Waals surface area (Å²) in [5, 5.41) is 14.4. The van der Waals surface area contributed by atoms with Crippen LogP contribution in [-0.4, -0.2) is 39.7 Å². The molecule has 0 aliphatic rings. The summed E-state index contributed by atoms with van der Waals surface area (Å²) in [4.78, 5) is 12.5. The van der Waals surface area contributed by atoms with Crippen molar-refractivity contribution >= 4 is 47.1 Å². The third-order valence-electron chi connectivity index (χ3n) is 5.66. The zero-order valence-corrected chi connectivity index (χ0v) is 23.7. The molecule has 1 N–H and O–H groups in total. The fraction of sp³-hybridized carbons (Fsp3) is 0.214. The summed E-state index contributed by atoms with van der Waals surface area (Å²) in [7, 11) is 1.62. The summed E-state index contributed by atoms with van der Waals surface area (Å²) in [6, 6.07) is 20.9. The van der Waals surface area contributed by atoms with Gasteiger partial charge in [0, 0.05) is 21.8 Å². The van der Waals surface area contributed by atoms with Crippen LogP contribution in [0.15, 0.2) is 77.0 Å². The van der Waals surface area contributed by atoms with E-state index in [1.807, 2.05) is 41.0 Å². The number of methoxy groups -OCH3 is 1. The van der Waals surface area contributed by atoms with Crippen molar-refractivity contribution in [1.29, 1.82) is 0 Å². The van der Waals surface area contributed by atoms with Crippen molar-refractivity contribution in [3.8, 4) is 22.8 Å². The van der Waals surface area contributed by atoms with E-state index in [-0.39, 0.29) is 17.1 Å². The molecule has 3 aromatic carbocycles. The van der Waals surface area contributed by atoms with Crippen molar-refractivity contribution in [2.75, 3.05) is 12.9 Å². The molecular formula is C28H27Cl2N5O2S. The largest absolute Gasteiger partial charge is 0.497 e. The Morgan fingerprint density at radius 1 is 1.05 bits per heavy atom. The zero-order chi connectivity index (χ0) is 27.3. The van der Waals surface area contributed by atoms with E-state index in [9.17, 15) is 4.79 Å². The summed E-state index contributed by atoms with van der Waals surface area (Å²) in [6.45, 7) is 6.53. The molecule has 0 radical (unpaired) electrons. The molecule has 196 valence electrons. The Morgan fingerprint density at radius 2 is 1.76 bits per heavy atom. The van der Waals surface area contributed by atoms with Gasteiger partial charge in [-0.3, -0.25) is 9.36 Å². The number of hydrazone groups is 1. The fourth-order valence-electron chi connectivity index (χ4n) is 3.58. The minimum absolute atomic E-state index is 0.0396. The Balaban J connectivity index is 1.55. The van der Waals surface area contributed by atoms with E-state index in [4.69, 9.17) is 27.9 Å². The predicted molar refractivity (Wildman–Crippen MR) is 155 cm³/mol. The summed E-state index contributed by atoms with van der Waals surface area (Å²) in [6.07, 6.45) is 1.47. The van der Waals surface area contributed by atoms with Crippen molar-refractivity contribution in [2.45, 2.75) is 31.3 Å².